The second-order valence-electron chi connectivity index (χ2n) is 5.05. The Kier molecular flexibility index (Phi) is 5.47. The highest BCUT2D eigenvalue weighted by molar-refractivity contribution is 8.01. The zero-order valence-electron chi connectivity index (χ0n) is 12.6. The van der Waals surface area contributed by atoms with Crippen LogP contribution in [0.4, 0.5) is 10.9 Å². The third-order valence-corrected chi connectivity index (χ3v) is 5.15. The molecule has 2 aromatic heterocycles. The van der Waals surface area contributed by atoms with Crippen molar-refractivity contribution in [2.24, 2.45) is 0 Å². The van der Waals surface area contributed by atoms with Crippen molar-refractivity contribution < 1.29 is 14.1 Å². The standard InChI is InChI=1S/C13H17N5O3S2/c1-8-5-10(18-21-8)15-11(19)7-22-13-17-16-12(23-13)14-6-9-3-2-4-20-9/h5,9H,2-4,6-7H2,1H3,(H,14,16)(H,15,18,19). The molecule has 2 N–H and O–H groups in total. The van der Waals surface area contributed by atoms with Gasteiger partial charge in [0.2, 0.25) is 11.0 Å². The number of hydrogen-bond acceptors (Lipinski definition) is 9. The number of ether oxygens (including phenoxy) is 1. The zero-order valence-corrected chi connectivity index (χ0v) is 14.2. The van der Waals surface area contributed by atoms with E-state index in [1.165, 1.54) is 23.1 Å². The molecule has 8 nitrogen and oxygen atoms in total. The quantitative estimate of drug-likeness (QED) is 0.729. The number of nitrogens with one attached hydrogen (secondary N) is 2. The maximum Gasteiger partial charge on any atom is 0.236 e. The van der Waals surface area contributed by atoms with Crippen LogP contribution in [0.5, 0.6) is 0 Å². The molecule has 1 aliphatic heterocycles. The molecule has 0 aliphatic carbocycles. The van der Waals surface area contributed by atoms with Gasteiger partial charge in [-0.25, -0.2) is 0 Å². The second-order valence-corrected chi connectivity index (χ2v) is 7.25. The predicted molar refractivity (Wildman–Crippen MR) is 88.0 cm³/mol. The highest BCUT2D eigenvalue weighted by atomic mass is 32.2. The monoisotopic (exact) mass is 355 g/mol. The average molecular weight is 355 g/mol. The third kappa shape index (κ3) is 4.91. The minimum Gasteiger partial charge on any atom is -0.376 e. The van der Waals surface area contributed by atoms with Crippen LogP contribution in [0.2, 0.25) is 0 Å². The summed E-state index contributed by atoms with van der Waals surface area (Å²) >= 11 is 2.77. The lowest BCUT2D eigenvalue weighted by Crippen LogP contribution is -2.18. The van der Waals surface area contributed by atoms with Crippen LogP contribution in [0.15, 0.2) is 14.9 Å². The van der Waals surface area contributed by atoms with Crippen molar-refractivity contribution >= 4 is 40.0 Å². The van der Waals surface area contributed by atoms with Gasteiger partial charge in [0, 0.05) is 19.2 Å². The fourth-order valence-corrected chi connectivity index (χ4v) is 3.64. The molecule has 1 aliphatic rings. The molecular weight excluding hydrogens is 338 g/mol. The lowest BCUT2D eigenvalue weighted by molar-refractivity contribution is -0.113. The molecule has 2 aromatic rings. The maximum atomic E-state index is 11.8. The van der Waals surface area contributed by atoms with Gasteiger partial charge >= 0.3 is 0 Å². The molecule has 23 heavy (non-hydrogen) atoms. The minimum absolute atomic E-state index is 0.160. The molecule has 1 amide bonds. The minimum atomic E-state index is -0.160. The third-order valence-electron chi connectivity index (χ3n) is 3.13. The van der Waals surface area contributed by atoms with Crippen LogP contribution in [0.1, 0.15) is 18.6 Å². The van der Waals surface area contributed by atoms with Crippen LogP contribution in [0, 0.1) is 6.92 Å². The van der Waals surface area contributed by atoms with Gasteiger partial charge in [-0.3, -0.25) is 4.79 Å². The van der Waals surface area contributed by atoms with E-state index in [2.05, 4.69) is 26.0 Å². The first-order valence-corrected chi connectivity index (χ1v) is 9.04. The van der Waals surface area contributed by atoms with Gasteiger partial charge in [0.25, 0.3) is 0 Å². The Balaban J connectivity index is 1.40. The molecule has 3 heterocycles. The number of anilines is 2. The maximum absolute atomic E-state index is 11.8. The average Bonchev–Trinajstić information content (AvgIpc) is 3.25. The molecule has 10 heteroatoms. The molecule has 0 bridgehead atoms. The first kappa shape index (κ1) is 16.2. The van der Waals surface area contributed by atoms with E-state index in [4.69, 9.17) is 9.26 Å². The molecule has 1 unspecified atom stereocenters. The van der Waals surface area contributed by atoms with Gasteiger partial charge in [-0.15, -0.1) is 10.2 Å². The zero-order chi connectivity index (χ0) is 16.1. The van der Waals surface area contributed by atoms with Crippen molar-refractivity contribution in [2.75, 3.05) is 29.5 Å². The van der Waals surface area contributed by atoms with Gasteiger partial charge in [0.15, 0.2) is 10.2 Å². The van der Waals surface area contributed by atoms with E-state index in [9.17, 15) is 4.79 Å². The molecular formula is C13H17N5O3S2. The summed E-state index contributed by atoms with van der Waals surface area (Å²) in [7, 11) is 0. The van der Waals surface area contributed by atoms with Crippen LogP contribution >= 0.6 is 23.1 Å². The summed E-state index contributed by atoms with van der Waals surface area (Å²) < 4.78 is 11.2. The van der Waals surface area contributed by atoms with Gasteiger partial charge in [0.1, 0.15) is 5.76 Å². The predicted octanol–water partition coefficient (Wildman–Crippen LogP) is 2.16. The molecule has 1 saturated heterocycles. The molecule has 1 atom stereocenters. The summed E-state index contributed by atoms with van der Waals surface area (Å²) in [6.45, 7) is 3.35. The summed E-state index contributed by atoms with van der Waals surface area (Å²) in [5.41, 5.74) is 0. The number of nitrogens with zero attached hydrogens (tertiary/aromatic N) is 3. The summed E-state index contributed by atoms with van der Waals surface area (Å²) in [6, 6.07) is 1.67. The molecule has 3 rings (SSSR count). The smallest absolute Gasteiger partial charge is 0.236 e. The fraction of sp³-hybridized carbons (Fsp3) is 0.538. The lowest BCUT2D eigenvalue weighted by Gasteiger charge is -2.08. The van der Waals surface area contributed by atoms with Crippen molar-refractivity contribution in [2.45, 2.75) is 30.2 Å². The van der Waals surface area contributed by atoms with Crippen LogP contribution in [0.3, 0.4) is 0 Å². The van der Waals surface area contributed by atoms with Crippen molar-refractivity contribution in [3.8, 4) is 0 Å². The number of thioether (sulfide) groups is 1. The number of aryl methyl sites for hydroxylation is 1. The Morgan fingerprint density at radius 2 is 2.43 bits per heavy atom. The first-order chi connectivity index (χ1) is 11.2. The second kappa shape index (κ2) is 7.75. The van der Waals surface area contributed by atoms with Crippen LogP contribution < -0.4 is 10.6 Å². The SMILES string of the molecule is Cc1cc(NC(=O)CSc2nnc(NCC3CCCO3)s2)no1. The summed E-state index contributed by atoms with van der Waals surface area (Å²) in [4.78, 5) is 11.8. The number of hydrogen-bond donors (Lipinski definition) is 2. The Hall–Kier alpha value is -1.65. The molecule has 0 spiro atoms. The van der Waals surface area contributed by atoms with E-state index in [0.29, 0.717) is 11.6 Å². The van der Waals surface area contributed by atoms with Crippen molar-refractivity contribution in [1.82, 2.24) is 15.4 Å². The van der Waals surface area contributed by atoms with E-state index in [0.717, 1.165) is 35.5 Å². The Morgan fingerprint density at radius 3 is 3.17 bits per heavy atom. The number of aromatic nitrogens is 3. The van der Waals surface area contributed by atoms with Gasteiger partial charge in [-0.2, -0.15) is 0 Å². The van der Waals surface area contributed by atoms with Crippen molar-refractivity contribution in [1.29, 1.82) is 0 Å². The number of rotatable bonds is 7. The number of carbonyl (C=O) groups is 1. The summed E-state index contributed by atoms with van der Waals surface area (Å²) in [5, 5.41) is 18.5. The van der Waals surface area contributed by atoms with E-state index < -0.39 is 0 Å². The van der Waals surface area contributed by atoms with E-state index in [-0.39, 0.29) is 17.8 Å². The van der Waals surface area contributed by atoms with E-state index in [1.807, 2.05) is 0 Å². The Bertz CT molecular complexity index is 654. The molecule has 0 radical (unpaired) electrons. The summed E-state index contributed by atoms with van der Waals surface area (Å²) in [6.07, 6.45) is 2.45. The topological polar surface area (TPSA) is 102 Å². The lowest BCUT2D eigenvalue weighted by atomic mass is 10.2. The summed E-state index contributed by atoms with van der Waals surface area (Å²) in [5.74, 6) is 1.16. The molecule has 0 saturated carbocycles. The molecule has 1 fully saturated rings. The number of amides is 1. The highest BCUT2D eigenvalue weighted by Crippen LogP contribution is 2.26. The number of carbonyl (C=O) groups excluding carboxylic acids is 1. The van der Waals surface area contributed by atoms with Gasteiger partial charge in [-0.1, -0.05) is 28.3 Å². The molecule has 124 valence electrons. The van der Waals surface area contributed by atoms with Gasteiger partial charge in [-0.05, 0) is 19.8 Å². The van der Waals surface area contributed by atoms with Crippen LogP contribution in [0.25, 0.3) is 0 Å². The highest BCUT2D eigenvalue weighted by Gasteiger charge is 2.16. The van der Waals surface area contributed by atoms with Crippen LogP contribution in [-0.2, 0) is 9.53 Å². The fourth-order valence-electron chi connectivity index (χ4n) is 2.08. The van der Waals surface area contributed by atoms with Crippen molar-refractivity contribution in [3.63, 3.8) is 0 Å². The van der Waals surface area contributed by atoms with E-state index in [1.54, 1.807) is 13.0 Å². The molecule has 0 aromatic carbocycles. The van der Waals surface area contributed by atoms with Gasteiger partial charge < -0.3 is 19.9 Å². The van der Waals surface area contributed by atoms with Crippen LogP contribution in [-0.4, -0.2) is 46.3 Å². The van der Waals surface area contributed by atoms with Crippen molar-refractivity contribution in [3.05, 3.63) is 11.8 Å². The normalized spacial score (nSPS) is 17.3. The Morgan fingerprint density at radius 1 is 1.52 bits per heavy atom. The Labute approximate surface area is 141 Å². The van der Waals surface area contributed by atoms with E-state index >= 15 is 0 Å². The van der Waals surface area contributed by atoms with Gasteiger partial charge in [0.05, 0.1) is 11.9 Å². The first-order valence-electron chi connectivity index (χ1n) is 7.24. The largest absolute Gasteiger partial charge is 0.376 e.